The van der Waals surface area contributed by atoms with Gasteiger partial charge in [0.05, 0.1) is 0 Å². The molecule has 1 saturated heterocycles. The number of hydrogen-bond acceptors (Lipinski definition) is 3. The molecule has 1 aliphatic carbocycles. The Morgan fingerprint density at radius 1 is 0.545 bits per heavy atom. The zero-order valence-corrected chi connectivity index (χ0v) is 16.2. The fraction of sp³-hybridized carbons (Fsp3) is 1.00. The van der Waals surface area contributed by atoms with Crippen molar-refractivity contribution in [1.29, 1.82) is 0 Å². The van der Waals surface area contributed by atoms with Crippen LogP contribution in [0.1, 0.15) is 104 Å². The van der Waals surface area contributed by atoms with E-state index < -0.39 is 0 Å². The lowest BCUT2D eigenvalue weighted by atomic mass is 9.68. The third-order valence-electron chi connectivity index (χ3n) is 6.20. The Balaban J connectivity index is 0.00000220. The van der Waals surface area contributed by atoms with E-state index in [4.69, 9.17) is 0 Å². The van der Waals surface area contributed by atoms with Crippen LogP contribution in [-0.4, -0.2) is 10.5 Å². The minimum atomic E-state index is 0. The van der Waals surface area contributed by atoms with Gasteiger partial charge < -0.3 is 12.3 Å². The molecule has 0 aromatic carbocycles. The maximum Gasteiger partial charge on any atom is 0.0185 e. The number of rotatable bonds is 1. The van der Waals surface area contributed by atoms with Crippen molar-refractivity contribution < 1.29 is 0 Å². The van der Waals surface area contributed by atoms with Crippen LogP contribution in [-0.2, 0) is 0 Å². The van der Waals surface area contributed by atoms with Crippen LogP contribution in [0.3, 0.4) is 0 Å². The second kappa shape index (κ2) is 10.9. The molecule has 1 saturated carbocycles. The van der Waals surface area contributed by atoms with Crippen molar-refractivity contribution in [3.05, 3.63) is 0 Å². The van der Waals surface area contributed by atoms with E-state index in [2.05, 4.69) is 25.6 Å². The summed E-state index contributed by atoms with van der Waals surface area (Å²) >= 11 is 2.34. The smallest absolute Gasteiger partial charge is 0.0185 e. The second-order valence-electron chi connectivity index (χ2n) is 7.78. The van der Waals surface area contributed by atoms with E-state index in [9.17, 15) is 0 Å². The summed E-state index contributed by atoms with van der Waals surface area (Å²) in [6.45, 7) is 5.27. The molecule has 0 bridgehead atoms. The standard InChI is InChI=1S/C19H36S.2H3N/c1-18(14-10-6-3-4-7-11-15-18)19(2)16-12-8-5-9-13-17-20-19;;/h3-17H2,1-2H3;2*1H3. The molecule has 0 spiro atoms. The Bertz CT molecular complexity index is 233. The molecule has 0 aromatic rings. The largest absolute Gasteiger partial charge is 0.344 e. The van der Waals surface area contributed by atoms with E-state index in [0.29, 0.717) is 10.2 Å². The fourth-order valence-electron chi connectivity index (χ4n) is 4.33. The SMILES string of the molecule is CC1(C2(C)CCCCCCCS2)CCCCCCCC1.N.N. The summed E-state index contributed by atoms with van der Waals surface area (Å²) in [5.41, 5.74) is 0.590. The zero-order valence-electron chi connectivity index (χ0n) is 15.4. The average molecular weight is 331 g/mol. The molecular formula is C19H42N2S. The maximum absolute atomic E-state index is 2.64. The lowest BCUT2D eigenvalue weighted by Crippen LogP contribution is -2.41. The molecule has 3 heteroatoms. The van der Waals surface area contributed by atoms with Gasteiger partial charge in [0.25, 0.3) is 0 Å². The summed E-state index contributed by atoms with van der Waals surface area (Å²) in [5, 5.41) is 0. The van der Waals surface area contributed by atoms with E-state index in [1.165, 1.54) is 95.6 Å². The molecule has 2 aliphatic rings. The summed E-state index contributed by atoms with van der Waals surface area (Å²) < 4.78 is 0.543. The van der Waals surface area contributed by atoms with Gasteiger partial charge in [0.15, 0.2) is 0 Å². The van der Waals surface area contributed by atoms with Gasteiger partial charge in [-0.05, 0) is 43.8 Å². The van der Waals surface area contributed by atoms with E-state index in [1.54, 1.807) is 0 Å². The van der Waals surface area contributed by atoms with E-state index in [0.717, 1.165) is 0 Å². The van der Waals surface area contributed by atoms with Crippen LogP contribution in [0.2, 0.25) is 0 Å². The first-order valence-electron chi connectivity index (χ1n) is 9.30. The van der Waals surface area contributed by atoms with Crippen molar-refractivity contribution in [1.82, 2.24) is 12.3 Å². The van der Waals surface area contributed by atoms with Gasteiger partial charge in [0.1, 0.15) is 0 Å². The Labute approximate surface area is 144 Å². The normalized spacial score (nSPS) is 30.8. The summed E-state index contributed by atoms with van der Waals surface area (Å²) in [6.07, 6.45) is 20.7. The van der Waals surface area contributed by atoms with Crippen molar-refractivity contribution in [2.75, 3.05) is 5.75 Å². The zero-order chi connectivity index (χ0) is 14.3. The molecule has 1 heterocycles. The van der Waals surface area contributed by atoms with Crippen LogP contribution in [0.4, 0.5) is 0 Å². The molecule has 22 heavy (non-hydrogen) atoms. The highest BCUT2D eigenvalue weighted by Crippen LogP contribution is 2.52. The summed E-state index contributed by atoms with van der Waals surface area (Å²) in [4.78, 5) is 0. The van der Waals surface area contributed by atoms with Crippen LogP contribution >= 0.6 is 11.8 Å². The van der Waals surface area contributed by atoms with Gasteiger partial charge >= 0.3 is 0 Å². The molecule has 134 valence electrons. The topological polar surface area (TPSA) is 70.0 Å². The molecule has 0 aromatic heterocycles. The third-order valence-corrected chi connectivity index (χ3v) is 8.03. The van der Waals surface area contributed by atoms with Gasteiger partial charge in [-0.15, -0.1) is 0 Å². The van der Waals surface area contributed by atoms with E-state index in [1.807, 2.05) is 0 Å². The number of thioether (sulfide) groups is 1. The summed E-state index contributed by atoms with van der Waals surface area (Å²) in [7, 11) is 0. The molecule has 1 atom stereocenters. The number of hydrogen-bond donors (Lipinski definition) is 2. The van der Waals surface area contributed by atoms with Crippen molar-refractivity contribution >= 4 is 11.8 Å². The van der Waals surface area contributed by atoms with Crippen molar-refractivity contribution in [2.24, 2.45) is 5.41 Å². The van der Waals surface area contributed by atoms with Crippen LogP contribution in [0, 0.1) is 5.41 Å². The van der Waals surface area contributed by atoms with E-state index >= 15 is 0 Å². The van der Waals surface area contributed by atoms with Crippen LogP contribution in [0.5, 0.6) is 0 Å². The van der Waals surface area contributed by atoms with Gasteiger partial charge in [-0.2, -0.15) is 11.8 Å². The molecule has 2 fully saturated rings. The maximum atomic E-state index is 2.64. The first-order valence-corrected chi connectivity index (χ1v) is 10.3. The monoisotopic (exact) mass is 330 g/mol. The van der Waals surface area contributed by atoms with Gasteiger partial charge in [-0.3, -0.25) is 0 Å². The first-order chi connectivity index (χ1) is 9.66. The summed E-state index contributed by atoms with van der Waals surface area (Å²) in [5.74, 6) is 1.41. The molecule has 2 nitrogen and oxygen atoms in total. The second-order valence-corrected chi connectivity index (χ2v) is 9.38. The third kappa shape index (κ3) is 6.05. The van der Waals surface area contributed by atoms with Crippen LogP contribution < -0.4 is 12.3 Å². The lowest BCUT2D eigenvalue weighted by molar-refractivity contribution is 0.177. The predicted molar refractivity (Wildman–Crippen MR) is 104 cm³/mol. The van der Waals surface area contributed by atoms with Crippen LogP contribution in [0.25, 0.3) is 0 Å². The highest BCUT2D eigenvalue weighted by Gasteiger charge is 2.43. The Hall–Kier alpha value is 0.270. The van der Waals surface area contributed by atoms with Crippen molar-refractivity contribution in [3.8, 4) is 0 Å². The first kappa shape index (κ1) is 22.3. The van der Waals surface area contributed by atoms with Gasteiger partial charge in [0.2, 0.25) is 0 Å². The minimum Gasteiger partial charge on any atom is -0.344 e. The van der Waals surface area contributed by atoms with Crippen molar-refractivity contribution in [3.63, 3.8) is 0 Å². The molecule has 0 amide bonds. The molecular weight excluding hydrogens is 288 g/mol. The molecule has 1 aliphatic heterocycles. The minimum absolute atomic E-state index is 0. The quantitative estimate of drug-likeness (QED) is 0.530. The Morgan fingerprint density at radius 2 is 0.955 bits per heavy atom. The highest BCUT2D eigenvalue weighted by atomic mass is 32.2. The predicted octanol–water partition coefficient (Wildman–Crippen LogP) is 7.30. The molecule has 6 N–H and O–H groups in total. The molecule has 0 radical (unpaired) electrons. The lowest BCUT2D eigenvalue weighted by Gasteiger charge is -2.47. The summed E-state index contributed by atoms with van der Waals surface area (Å²) in [6, 6.07) is 0. The van der Waals surface area contributed by atoms with Gasteiger partial charge in [0, 0.05) is 4.75 Å². The van der Waals surface area contributed by atoms with E-state index in [-0.39, 0.29) is 12.3 Å². The van der Waals surface area contributed by atoms with Gasteiger partial charge in [-0.25, -0.2) is 0 Å². The average Bonchev–Trinajstić information content (AvgIpc) is 2.61. The van der Waals surface area contributed by atoms with Crippen LogP contribution in [0.15, 0.2) is 0 Å². The highest BCUT2D eigenvalue weighted by molar-refractivity contribution is 8.00. The fourth-order valence-corrected chi connectivity index (χ4v) is 5.97. The van der Waals surface area contributed by atoms with Gasteiger partial charge in [-0.1, -0.05) is 71.1 Å². The Kier molecular flexibility index (Phi) is 11.1. The Morgan fingerprint density at radius 3 is 1.50 bits per heavy atom. The van der Waals surface area contributed by atoms with Crippen molar-refractivity contribution in [2.45, 2.75) is 108 Å². The molecule has 2 rings (SSSR count). The molecule has 1 unspecified atom stereocenters.